The number of ether oxygens (including phenoxy) is 1. The predicted molar refractivity (Wildman–Crippen MR) is 115 cm³/mol. The van der Waals surface area contributed by atoms with Crippen LogP contribution in [0.3, 0.4) is 0 Å². The summed E-state index contributed by atoms with van der Waals surface area (Å²) in [6.07, 6.45) is 4.21. The third-order valence-electron chi connectivity index (χ3n) is 5.23. The molecule has 30 heavy (non-hydrogen) atoms. The fourth-order valence-electron chi connectivity index (χ4n) is 3.68. The predicted octanol–water partition coefficient (Wildman–Crippen LogP) is 3.36. The molecule has 5 aromatic rings. The molecule has 0 unspecified atom stereocenters. The zero-order valence-electron chi connectivity index (χ0n) is 16.4. The van der Waals surface area contributed by atoms with Crippen molar-refractivity contribution in [1.29, 1.82) is 0 Å². The number of aromatic nitrogens is 5. The summed E-state index contributed by atoms with van der Waals surface area (Å²) < 4.78 is 8.73. The molecule has 148 valence electrons. The van der Waals surface area contributed by atoms with E-state index in [4.69, 9.17) is 4.74 Å². The Morgan fingerprint density at radius 1 is 0.967 bits per heavy atom. The lowest BCUT2D eigenvalue weighted by Crippen LogP contribution is -2.22. The largest absolute Gasteiger partial charge is 0.496 e. The van der Waals surface area contributed by atoms with E-state index in [1.807, 2.05) is 60.7 Å². The van der Waals surface area contributed by atoms with Crippen LogP contribution in [0.1, 0.15) is 5.56 Å². The number of nitrogens with zero attached hydrogens (tertiary/aromatic N) is 5. The van der Waals surface area contributed by atoms with Gasteiger partial charge in [-0.15, -0.1) is 10.2 Å². The van der Waals surface area contributed by atoms with E-state index in [1.165, 1.54) is 0 Å². The van der Waals surface area contributed by atoms with E-state index in [2.05, 4.69) is 15.3 Å². The van der Waals surface area contributed by atoms with Crippen LogP contribution >= 0.6 is 0 Å². The molecule has 7 heteroatoms. The average molecular weight is 397 g/mol. The number of rotatable bonds is 5. The molecule has 3 aromatic heterocycles. The first-order chi connectivity index (χ1) is 14.8. The van der Waals surface area contributed by atoms with Gasteiger partial charge in [0.25, 0.3) is 5.56 Å². The molecule has 0 aliphatic heterocycles. The monoisotopic (exact) mass is 397 g/mol. The molecule has 5 rings (SSSR count). The minimum Gasteiger partial charge on any atom is -0.496 e. The quantitative estimate of drug-likeness (QED) is 0.455. The molecule has 0 atom stereocenters. The molecule has 0 spiro atoms. The molecule has 0 fully saturated rings. The van der Waals surface area contributed by atoms with Crippen molar-refractivity contribution >= 4 is 16.7 Å². The van der Waals surface area contributed by atoms with Gasteiger partial charge in [-0.3, -0.25) is 4.79 Å². The summed E-state index contributed by atoms with van der Waals surface area (Å²) in [7, 11) is 1.65. The maximum absolute atomic E-state index is 13.0. The first-order valence-corrected chi connectivity index (χ1v) is 9.67. The number of fused-ring (bicyclic) bond motifs is 3. The molecular formula is C23H19N5O2. The van der Waals surface area contributed by atoms with E-state index in [0.717, 1.165) is 22.4 Å². The molecule has 0 saturated heterocycles. The van der Waals surface area contributed by atoms with E-state index in [9.17, 15) is 4.79 Å². The summed E-state index contributed by atoms with van der Waals surface area (Å²) in [6, 6.07) is 19.6. The Hall–Kier alpha value is -4.00. The highest BCUT2D eigenvalue weighted by Gasteiger charge is 2.14. The Balaban J connectivity index is 1.53. The van der Waals surface area contributed by atoms with Crippen molar-refractivity contribution in [2.75, 3.05) is 7.11 Å². The molecule has 0 N–H and O–H groups in total. The fraction of sp³-hybridized carbons (Fsp3) is 0.130. The first kappa shape index (κ1) is 18.1. The summed E-state index contributed by atoms with van der Waals surface area (Å²) in [6.45, 7) is 0.517. The van der Waals surface area contributed by atoms with Crippen molar-refractivity contribution in [3.8, 4) is 16.9 Å². The first-order valence-electron chi connectivity index (χ1n) is 9.67. The number of benzene rings is 2. The second-order valence-electron chi connectivity index (χ2n) is 6.97. The van der Waals surface area contributed by atoms with Gasteiger partial charge in [0.05, 0.1) is 13.3 Å². The summed E-state index contributed by atoms with van der Waals surface area (Å²) in [5.41, 5.74) is 4.31. The lowest BCUT2D eigenvalue weighted by atomic mass is 10.1. The van der Waals surface area contributed by atoms with Crippen LogP contribution in [-0.4, -0.2) is 31.5 Å². The van der Waals surface area contributed by atoms with Crippen molar-refractivity contribution in [2.45, 2.75) is 13.0 Å². The highest BCUT2D eigenvalue weighted by atomic mass is 16.5. The minimum absolute atomic E-state index is 0.187. The van der Waals surface area contributed by atoms with Crippen LogP contribution in [-0.2, 0) is 13.0 Å². The fourth-order valence-corrected chi connectivity index (χ4v) is 3.68. The van der Waals surface area contributed by atoms with Crippen LogP contribution in [0.15, 0.2) is 77.9 Å². The van der Waals surface area contributed by atoms with Gasteiger partial charge in [0, 0.05) is 18.3 Å². The van der Waals surface area contributed by atoms with E-state index in [1.54, 1.807) is 28.6 Å². The van der Waals surface area contributed by atoms with Crippen LogP contribution in [0.5, 0.6) is 5.75 Å². The Labute approximate surface area is 172 Å². The zero-order chi connectivity index (χ0) is 20.5. The normalized spacial score (nSPS) is 11.2. The standard InChI is InChI=1S/C23H19N5O2/c1-30-20-10-6-5-9-17(20)11-13-27-14-12-19-21(23(27)29)25-26-22-18(15-24-28(19)22)16-7-3-2-4-8-16/h2-10,12,14-15H,11,13H2,1H3. The molecule has 0 aliphatic carbocycles. The van der Waals surface area contributed by atoms with Gasteiger partial charge in [0.2, 0.25) is 0 Å². The summed E-state index contributed by atoms with van der Waals surface area (Å²) >= 11 is 0. The summed E-state index contributed by atoms with van der Waals surface area (Å²) in [5.74, 6) is 0.817. The SMILES string of the molecule is COc1ccccc1CCn1ccc2c(nnc3c(-c4ccccc4)cnn32)c1=O. The van der Waals surface area contributed by atoms with Crippen molar-refractivity contribution < 1.29 is 4.74 Å². The molecule has 0 bridgehead atoms. The van der Waals surface area contributed by atoms with Crippen LogP contribution in [0, 0.1) is 0 Å². The highest BCUT2D eigenvalue weighted by Crippen LogP contribution is 2.24. The second-order valence-corrected chi connectivity index (χ2v) is 6.97. The van der Waals surface area contributed by atoms with Gasteiger partial charge >= 0.3 is 0 Å². The molecule has 0 amide bonds. The van der Waals surface area contributed by atoms with E-state index >= 15 is 0 Å². The molecule has 7 nitrogen and oxygen atoms in total. The number of hydrogen-bond donors (Lipinski definition) is 0. The molecule has 2 aromatic carbocycles. The second kappa shape index (κ2) is 7.44. The third kappa shape index (κ3) is 3.00. The van der Waals surface area contributed by atoms with Gasteiger partial charge in [-0.2, -0.15) is 5.10 Å². The van der Waals surface area contributed by atoms with Gasteiger partial charge in [-0.25, -0.2) is 4.52 Å². The Morgan fingerprint density at radius 2 is 1.77 bits per heavy atom. The van der Waals surface area contributed by atoms with E-state index < -0.39 is 0 Å². The number of para-hydroxylation sites is 1. The van der Waals surface area contributed by atoms with Crippen LogP contribution in [0.2, 0.25) is 0 Å². The summed E-state index contributed by atoms with van der Waals surface area (Å²) in [5, 5.41) is 13.0. The van der Waals surface area contributed by atoms with Crippen LogP contribution < -0.4 is 10.3 Å². The van der Waals surface area contributed by atoms with Gasteiger partial charge in [0.1, 0.15) is 11.3 Å². The van der Waals surface area contributed by atoms with Crippen LogP contribution in [0.4, 0.5) is 0 Å². The Kier molecular flexibility index (Phi) is 4.48. The van der Waals surface area contributed by atoms with Gasteiger partial charge in [-0.1, -0.05) is 48.5 Å². The molecule has 0 radical (unpaired) electrons. The van der Waals surface area contributed by atoms with Crippen LogP contribution in [0.25, 0.3) is 27.8 Å². The molecule has 0 aliphatic rings. The highest BCUT2D eigenvalue weighted by molar-refractivity contribution is 5.82. The van der Waals surface area contributed by atoms with Gasteiger partial charge in [-0.05, 0) is 29.7 Å². The number of pyridine rings is 1. The number of methoxy groups -OCH3 is 1. The zero-order valence-corrected chi connectivity index (χ0v) is 16.4. The average Bonchev–Trinajstić information content (AvgIpc) is 3.24. The summed E-state index contributed by atoms with van der Waals surface area (Å²) in [4.78, 5) is 13.0. The molecular weight excluding hydrogens is 378 g/mol. The minimum atomic E-state index is -0.187. The van der Waals surface area contributed by atoms with Crippen molar-refractivity contribution in [1.82, 2.24) is 24.4 Å². The van der Waals surface area contributed by atoms with Crippen molar-refractivity contribution in [2.24, 2.45) is 0 Å². The Morgan fingerprint density at radius 3 is 2.60 bits per heavy atom. The lowest BCUT2D eigenvalue weighted by Gasteiger charge is -2.10. The smallest absolute Gasteiger partial charge is 0.280 e. The van der Waals surface area contributed by atoms with E-state index in [-0.39, 0.29) is 5.56 Å². The molecule has 3 heterocycles. The Bertz CT molecular complexity index is 1410. The number of aryl methyl sites for hydroxylation is 2. The molecule has 0 saturated carbocycles. The third-order valence-corrected chi connectivity index (χ3v) is 5.23. The van der Waals surface area contributed by atoms with Crippen molar-refractivity contribution in [3.63, 3.8) is 0 Å². The lowest BCUT2D eigenvalue weighted by molar-refractivity contribution is 0.408. The number of hydrogen-bond acceptors (Lipinski definition) is 5. The topological polar surface area (TPSA) is 74.3 Å². The van der Waals surface area contributed by atoms with Gasteiger partial charge < -0.3 is 9.30 Å². The maximum Gasteiger partial charge on any atom is 0.280 e. The maximum atomic E-state index is 13.0. The van der Waals surface area contributed by atoms with Gasteiger partial charge in [0.15, 0.2) is 11.2 Å². The van der Waals surface area contributed by atoms with Crippen molar-refractivity contribution in [3.05, 3.63) is 89.0 Å². The van der Waals surface area contributed by atoms with E-state index in [0.29, 0.717) is 29.6 Å².